The Morgan fingerprint density at radius 2 is 2.04 bits per heavy atom. The van der Waals surface area contributed by atoms with Gasteiger partial charge in [-0.2, -0.15) is 5.10 Å². The van der Waals surface area contributed by atoms with E-state index in [0.717, 1.165) is 24.2 Å². The van der Waals surface area contributed by atoms with Gasteiger partial charge in [0.1, 0.15) is 5.75 Å². The predicted octanol–water partition coefficient (Wildman–Crippen LogP) is 4.07. The van der Waals surface area contributed by atoms with Crippen LogP contribution in [0.15, 0.2) is 53.6 Å². The number of carbonyl (C=O) groups excluding carboxylic acids is 1. The van der Waals surface area contributed by atoms with E-state index in [4.69, 9.17) is 4.74 Å². The summed E-state index contributed by atoms with van der Waals surface area (Å²) >= 11 is 0. The lowest BCUT2D eigenvalue weighted by Gasteiger charge is -2.15. The summed E-state index contributed by atoms with van der Waals surface area (Å²) in [6.07, 6.45) is 6.74. The van der Waals surface area contributed by atoms with E-state index in [2.05, 4.69) is 39.4 Å². The Balaban J connectivity index is 1.42. The molecule has 0 radical (unpaired) electrons. The molecule has 28 heavy (non-hydrogen) atoms. The molecule has 1 aromatic heterocycles. The highest BCUT2D eigenvalue weighted by Crippen LogP contribution is 2.32. The standard InChI is InChI=1S/C23H25N3O2/c1-28-18-8-6-7-17(15-18)16-24-25-23(27)13-14-26-21-11-4-2-9-19(21)20-10-3-5-12-22(20)26/h2,4,6-9,11,15-16H,3,5,10,12-14H2,1H3,(H,25,27)/b24-16-. The first-order valence-corrected chi connectivity index (χ1v) is 9.81. The Hall–Kier alpha value is -3.08. The molecule has 0 saturated carbocycles. The lowest BCUT2D eigenvalue weighted by atomic mass is 9.95. The molecule has 4 rings (SSSR count). The minimum atomic E-state index is -0.0820. The lowest BCUT2D eigenvalue weighted by Crippen LogP contribution is -2.20. The number of ether oxygens (including phenoxy) is 1. The van der Waals surface area contributed by atoms with Gasteiger partial charge in [-0.05, 0) is 55.0 Å². The van der Waals surface area contributed by atoms with Crippen molar-refractivity contribution >= 4 is 23.0 Å². The van der Waals surface area contributed by atoms with Gasteiger partial charge in [-0.3, -0.25) is 4.79 Å². The van der Waals surface area contributed by atoms with Crippen LogP contribution in [0.4, 0.5) is 0 Å². The average molecular weight is 375 g/mol. The molecule has 5 heteroatoms. The maximum absolute atomic E-state index is 12.3. The number of hydrogen-bond donors (Lipinski definition) is 1. The number of para-hydroxylation sites is 1. The number of nitrogens with one attached hydrogen (secondary N) is 1. The molecule has 0 fully saturated rings. The van der Waals surface area contributed by atoms with E-state index in [0.29, 0.717) is 13.0 Å². The Morgan fingerprint density at radius 1 is 1.18 bits per heavy atom. The third kappa shape index (κ3) is 3.79. The van der Waals surface area contributed by atoms with Gasteiger partial charge in [-0.1, -0.05) is 30.3 Å². The van der Waals surface area contributed by atoms with Crippen LogP contribution < -0.4 is 10.2 Å². The van der Waals surface area contributed by atoms with Gasteiger partial charge in [0.25, 0.3) is 0 Å². The second-order valence-corrected chi connectivity index (χ2v) is 7.12. The average Bonchev–Trinajstić information content (AvgIpc) is 3.06. The number of rotatable bonds is 6. The van der Waals surface area contributed by atoms with Crippen molar-refractivity contribution in [1.29, 1.82) is 0 Å². The molecule has 0 atom stereocenters. The molecule has 1 N–H and O–H groups in total. The number of benzene rings is 2. The fourth-order valence-corrected chi connectivity index (χ4v) is 4.01. The van der Waals surface area contributed by atoms with Crippen LogP contribution in [0.5, 0.6) is 5.75 Å². The van der Waals surface area contributed by atoms with Gasteiger partial charge >= 0.3 is 0 Å². The maximum Gasteiger partial charge on any atom is 0.241 e. The van der Waals surface area contributed by atoms with Crippen molar-refractivity contribution in [1.82, 2.24) is 9.99 Å². The molecule has 1 aliphatic rings. The third-order valence-corrected chi connectivity index (χ3v) is 5.34. The van der Waals surface area contributed by atoms with Gasteiger partial charge in [0.15, 0.2) is 0 Å². The summed E-state index contributed by atoms with van der Waals surface area (Å²) in [5, 5.41) is 5.42. The SMILES string of the molecule is COc1cccc(/C=N\NC(=O)CCn2c3c(c4ccccc42)CCCC3)c1. The highest BCUT2D eigenvalue weighted by Gasteiger charge is 2.19. The Morgan fingerprint density at radius 3 is 2.93 bits per heavy atom. The summed E-state index contributed by atoms with van der Waals surface area (Å²) in [5.74, 6) is 0.682. The second kappa shape index (κ2) is 8.30. The first-order chi connectivity index (χ1) is 13.8. The van der Waals surface area contributed by atoms with Crippen molar-refractivity contribution in [2.24, 2.45) is 5.10 Å². The summed E-state index contributed by atoms with van der Waals surface area (Å²) in [6.45, 7) is 0.677. The number of aromatic nitrogens is 1. The zero-order chi connectivity index (χ0) is 19.3. The molecular formula is C23H25N3O2. The van der Waals surface area contributed by atoms with Crippen LogP contribution >= 0.6 is 0 Å². The molecule has 0 bridgehead atoms. The topological polar surface area (TPSA) is 55.6 Å². The van der Waals surface area contributed by atoms with Gasteiger partial charge < -0.3 is 9.30 Å². The molecule has 144 valence electrons. The molecule has 0 saturated heterocycles. The molecule has 0 aliphatic heterocycles. The fraction of sp³-hybridized carbons (Fsp3) is 0.304. The second-order valence-electron chi connectivity index (χ2n) is 7.12. The van der Waals surface area contributed by atoms with Crippen molar-refractivity contribution in [3.05, 3.63) is 65.4 Å². The highest BCUT2D eigenvalue weighted by atomic mass is 16.5. The lowest BCUT2D eigenvalue weighted by molar-refractivity contribution is -0.121. The summed E-state index contributed by atoms with van der Waals surface area (Å²) < 4.78 is 7.52. The fourth-order valence-electron chi connectivity index (χ4n) is 4.01. The quantitative estimate of drug-likeness (QED) is 0.522. The van der Waals surface area contributed by atoms with Crippen molar-refractivity contribution in [2.45, 2.75) is 38.6 Å². The minimum Gasteiger partial charge on any atom is -0.497 e. The zero-order valence-corrected chi connectivity index (χ0v) is 16.1. The summed E-state index contributed by atoms with van der Waals surface area (Å²) in [7, 11) is 1.63. The third-order valence-electron chi connectivity index (χ3n) is 5.34. The smallest absolute Gasteiger partial charge is 0.241 e. The maximum atomic E-state index is 12.3. The molecule has 2 aromatic carbocycles. The molecular weight excluding hydrogens is 350 g/mol. The Bertz CT molecular complexity index is 1020. The summed E-state index contributed by atoms with van der Waals surface area (Å²) in [6, 6.07) is 16.1. The van der Waals surface area contributed by atoms with Gasteiger partial charge in [-0.25, -0.2) is 5.43 Å². The molecule has 1 heterocycles. The first kappa shape index (κ1) is 18.3. The van der Waals surface area contributed by atoms with Crippen molar-refractivity contribution in [3.8, 4) is 5.75 Å². The van der Waals surface area contributed by atoms with Gasteiger partial charge in [0, 0.05) is 29.6 Å². The van der Waals surface area contributed by atoms with E-state index in [-0.39, 0.29) is 5.91 Å². The number of hydrogen-bond acceptors (Lipinski definition) is 3. The minimum absolute atomic E-state index is 0.0820. The van der Waals surface area contributed by atoms with Gasteiger partial charge in [-0.15, -0.1) is 0 Å². The van der Waals surface area contributed by atoms with Gasteiger partial charge in [0.05, 0.1) is 13.3 Å². The van der Waals surface area contributed by atoms with Crippen LogP contribution in [-0.4, -0.2) is 23.8 Å². The normalized spacial score (nSPS) is 13.6. The Labute approximate surface area is 165 Å². The van der Waals surface area contributed by atoms with Crippen LogP contribution in [0.25, 0.3) is 10.9 Å². The van der Waals surface area contributed by atoms with Crippen molar-refractivity contribution in [3.63, 3.8) is 0 Å². The zero-order valence-electron chi connectivity index (χ0n) is 16.1. The number of methoxy groups -OCH3 is 1. The van der Waals surface area contributed by atoms with Crippen LogP contribution in [0.2, 0.25) is 0 Å². The van der Waals surface area contributed by atoms with E-state index in [1.54, 1.807) is 13.3 Å². The summed E-state index contributed by atoms with van der Waals surface area (Å²) in [4.78, 5) is 12.3. The van der Waals surface area contributed by atoms with Crippen molar-refractivity contribution in [2.75, 3.05) is 7.11 Å². The number of hydrazone groups is 1. The number of aryl methyl sites for hydroxylation is 2. The highest BCUT2D eigenvalue weighted by molar-refractivity contribution is 5.86. The molecule has 1 amide bonds. The van der Waals surface area contributed by atoms with Crippen LogP contribution in [0.1, 0.15) is 36.1 Å². The predicted molar refractivity (Wildman–Crippen MR) is 112 cm³/mol. The van der Waals surface area contributed by atoms with Crippen molar-refractivity contribution < 1.29 is 9.53 Å². The van der Waals surface area contributed by atoms with Crippen LogP contribution in [0.3, 0.4) is 0 Å². The molecule has 5 nitrogen and oxygen atoms in total. The van der Waals surface area contributed by atoms with E-state index < -0.39 is 0 Å². The van der Waals surface area contributed by atoms with E-state index in [1.165, 1.54) is 35.0 Å². The molecule has 0 unspecified atom stereocenters. The number of fused-ring (bicyclic) bond motifs is 3. The van der Waals surface area contributed by atoms with E-state index in [1.807, 2.05) is 24.3 Å². The molecule has 3 aromatic rings. The number of amides is 1. The van der Waals surface area contributed by atoms with Crippen LogP contribution in [0, 0.1) is 0 Å². The van der Waals surface area contributed by atoms with E-state index in [9.17, 15) is 4.79 Å². The summed E-state index contributed by atoms with van der Waals surface area (Å²) in [5.41, 5.74) is 7.63. The van der Waals surface area contributed by atoms with E-state index >= 15 is 0 Å². The Kier molecular flexibility index (Phi) is 5.42. The first-order valence-electron chi connectivity index (χ1n) is 9.81. The number of nitrogens with zero attached hydrogens (tertiary/aromatic N) is 2. The number of carbonyl (C=O) groups is 1. The molecule has 1 aliphatic carbocycles. The molecule has 0 spiro atoms. The largest absolute Gasteiger partial charge is 0.497 e. The van der Waals surface area contributed by atoms with Gasteiger partial charge in [0.2, 0.25) is 5.91 Å². The van der Waals surface area contributed by atoms with Crippen LogP contribution in [-0.2, 0) is 24.2 Å². The monoisotopic (exact) mass is 375 g/mol.